The highest BCUT2D eigenvalue weighted by Gasteiger charge is 2.26. The molecule has 130 valence electrons. The Morgan fingerprint density at radius 1 is 1.16 bits per heavy atom. The molecular weight excluding hydrogens is 318 g/mol. The molecule has 4 rings (SSSR count). The van der Waals surface area contributed by atoms with Gasteiger partial charge in [-0.3, -0.25) is 4.79 Å². The number of pyridine rings is 1. The third kappa shape index (κ3) is 3.58. The molecule has 0 saturated carbocycles. The largest absolute Gasteiger partial charge is 0.492 e. The van der Waals surface area contributed by atoms with E-state index in [-0.39, 0.29) is 11.8 Å². The van der Waals surface area contributed by atoms with Crippen LogP contribution >= 0.6 is 0 Å². The molecule has 2 aliphatic heterocycles. The van der Waals surface area contributed by atoms with Gasteiger partial charge in [-0.05, 0) is 30.2 Å². The Bertz CT molecular complexity index is 742. The van der Waals surface area contributed by atoms with Gasteiger partial charge in [0.25, 0.3) is 0 Å². The van der Waals surface area contributed by atoms with Crippen LogP contribution in [0.1, 0.15) is 5.56 Å². The van der Waals surface area contributed by atoms with E-state index < -0.39 is 0 Å². The van der Waals surface area contributed by atoms with Crippen molar-refractivity contribution in [2.75, 3.05) is 43.1 Å². The van der Waals surface area contributed by atoms with E-state index in [9.17, 15) is 4.79 Å². The minimum absolute atomic E-state index is 0.0545. The predicted molar refractivity (Wildman–Crippen MR) is 95.0 cm³/mol. The van der Waals surface area contributed by atoms with Crippen molar-refractivity contribution in [3.63, 3.8) is 0 Å². The van der Waals surface area contributed by atoms with Gasteiger partial charge in [0.15, 0.2) is 0 Å². The number of fused-ring (bicyclic) bond motifs is 1. The van der Waals surface area contributed by atoms with E-state index in [2.05, 4.69) is 15.2 Å². The van der Waals surface area contributed by atoms with Crippen molar-refractivity contribution in [1.82, 2.24) is 4.98 Å². The summed E-state index contributed by atoms with van der Waals surface area (Å²) in [6, 6.07) is 11.7. The molecule has 1 saturated heterocycles. The molecule has 25 heavy (non-hydrogen) atoms. The van der Waals surface area contributed by atoms with Gasteiger partial charge in [0.05, 0.1) is 31.0 Å². The number of anilines is 2. The van der Waals surface area contributed by atoms with E-state index in [1.165, 1.54) is 0 Å². The summed E-state index contributed by atoms with van der Waals surface area (Å²) in [6.45, 7) is 3.61. The number of aromatic nitrogens is 1. The van der Waals surface area contributed by atoms with Gasteiger partial charge in [-0.1, -0.05) is 18.2 Å². The molecule has 0 aliphatic carbocycles. The molecule has 1 aromatic carbocycles. The molecule has 6 heteroatoms. The summed E-state index contributed by atoms with van der Waals surface area (Å²) in [5.74, 6) is 1.19. The highest BCUT2D eigenvalue weighted by molar-refractivity contribution is 5.92. The molecule has 3 heterocycles. The molecule has 1 atom stereocenters. The molecule has 1 N–H and O–H groups in total. The van der Waals surface area contributed by atoms with Crippen LogP contribution in [-0.4, -0.2) is 43.8 Å². The van der Waals surface area contributed by atoms with Gasteiger partial charge >= 0.3 is 0 Å². The van der Waals surface area contributed by atoms with Crippen molar-refractivity contribution in [3.05, 3.63) is 48.2 Å². The van der Waals surface area contributed by atoms with Gasteiger partial charge in [0.2, 0.25) is 5.91 Å². The van der Waals surface area contributed by atoms with Gasteiger partial charge in [0.1, 0.15) is 18.2 Å². The fraction of sp³-hybridized carbons (Fsp3) is 0.368. The van der Waals surface area contributed by atoms with Crippen LogP contribution in [0.2, 0.25) is 0 Å². The minimum atomic E-state index is -0.199. The average Bonchev–Trinajstić information content (AvgIpc) is 2.69. The number of rotatable bonds is 3. The third-order valence-corrected chi connectivity index (χ3v) is 4.63. The number of nitrogens with one attached hydrogen (secondary N) is 1. The minimum Gasteiger partial charge on any atom is -0.492 e. The fourth-order valence-corrected chi connectivity index (χ4v) is 3.19. The molecule has 6 nitrogen and oxygen atoms in total. The number of amides is 1. The van der Waals surface area contributed by atoms with Gasteiger partial charge in [-0.15, -0.1) is 0 Å². The first-order valence-electron chi connectivity index (χ1n) is 8.60. The van der Waals surface area contributed by atoms with Gasteiger partial charge in [-0.2, -0.15) is 0 Å². The Hall–Kier alpha value is -2.60. The van der Waals surface area contributed by atoms with Crippen molar-refractivity contribution >= 4 is 17.4 Å². The zero-order valence-electron chi connectivity index (χ0n) is 14.0. The van der Waals surface area contributed by atoms with Crippen LogP contribution in [0.15, 0.2) is 42.6 Å². The van der Waals surface area contributed by atoms with Crippen LogP contribution in [0.25, 0.3) is 0 Å². The third-order valence-electron chi connectivity index (χ3n) is 4.63. The molecule has 0 radical (unpaired) electrons. The lowest BCUT2D eigenvalue weighted by Gasteiger charge is -2.28. The van der Waals surface area contributed by atoms with E-state index in [0.717, 1.165) is 43.3 Å². The Morgan fingerprint density at radius 3 is 2.80 bits per heavy atom. The maximum Gasteiger partial charge on any atom is 0.232 e. The van der Waals surface area contributed by atoms with Crippen molar-refractivity contribution in [3.8, 4) is 5.75 Å². The molecule has 2 aliphatic rings. The standard InChI is InChI=1S/C19H21N3O3/c23-19(15-11-14-3-1-2-4-17(14)25-13-15)21-18-6-5-16(12-20-18)22-7-9-24-10-8-22/h1-6,12,15H,7-11,13H2,(H,20,21,23)/t15-/m1/s1. The lowest BCUT2D eigenvalue weighted by Crippen LogP contribution is -2.36. The molecule has 1 aromatic heterocycles. The van der Waals surface area contributed by atoms with E-state index in [1.54, 1.807) is 6.20 Å². The van der Waals surface area contributed by atoms with E-state index in [1.807, 2.05) is 36.4 Å². The van der Waals surface area contributed by atoms with Crippen molar-refractivity contribution in [2.45, 2.75) is 6.42 Å². The first kappa shape index (κ1) is 15.9. The molecular formula is C19H21N3O3. The van der Waals surface area contributed by atoms with Crippen molar-refractivity contribution < 1.29 is 14.3 Å². The summed E-state index contributed by atoms with van der Waals surface area (Å²) in [7, 11) is 0. The second-order valence-electron chi connectivity index (χ2n) is 6.31. The Labute approximate surface area is 146 Å². The van der Waals surface area contributed by atoms with Crippen LogP contribution in [-0.2, 0) is 16.0 Å². The molecule has 0 unspecified atom stereocenters. The lowest BCUT2D eigenvalue weighted by molar-refractivity contribution is -0.121. The normalized spacial score (nSPS) is 19.7. The molecule has 1 fully saturated rings. The summed E-state index contributed by atoms with van der Waals surface area (Å²) in [4.78, 5) is 19.1. The summed E-state index contributed by atoms with van der Waals surface area (Å²) in [6.07, 6.45) is 2.49. The number of para-hydroxylation sites is 1. The maximum atomic E-state index is 12.5. The van der Waals surface area contributed by atoms with Gasteiger partial charge in [-0.25, -0.2) is 4.98 Å². The maximum absolute atomic E-state index is 12.5. The number of morpholine rings is 1. The molecule has 0 bridgehead atoms. The molecule has 2 aromatic rings. The quantitative estimate of drug-likeness (QED) is 0.928. The molecule has 0 spiro atoms. The predicted octanol–water partition coefficient (Wildman–Crippen LogP) is 2.11. The number of ether oxygens (including phenoxy) is 2. The first-order valence-corrected chi connectivity index (χ1v) is 8.60. The topological polar surface area (TPSA) is 63.7 Å². The highest BCUT2D eigenvalue weighted by atomic mass is 16.5. The van der Waals surface area contributed by atoms with Gasteiger partial charge < -0.3 is 19.7 Å². The number of hydrogen-bond donors (Lipinski definition) is 1. The first-order chi connectivity index (χ1) is 12.3. The monoisotopic (exact) mass is 339 g/mol. The number of benzene rings is 1. The Morgan fingerprint density at radius 2 is 2.00 bits per heavy atom. The summed E-state index contributed by atoms with van der Waals surface area (Å²) in [5.41, 5.74) is 2.13. The smallest absolute Gasteiger partial charge is 0.232 e. The SMILES string of the molecule is O=C(Nc1ccc(N2CCOCC2)cn1)[C@H]1COc2ccccc2C1. The highest BCUT2D eigenvalue weighted by Crippen LogP contribution is 2.27. The van der Waals surface area contributed by atoms with Crippen molar-refractivity contribution in [1.29, 1.82) is 0 Å². The number of carbonyl (C=O) groups excluding carboxylic acids is 1. The average molecular weight is 339 g/mol. The zero-order valence-corrected chi connectivity index (χ0v) is 14.0. The van der Waals surface area contributed by atoms with E-state index in [4.69, 9.17) is 9.47 Å². The summed E-state index contributed by atoms with van der Waals surface area (Å²) in [5, 5.41) is 2.90. The number of hydrogen-bond acceptors (Lipinski definition) is 5. The van der Waals surface area contributed by atoms with E-state index >= 15 is 0 Å². The van der Waals surface area contributed by atoms with Crippen LogP contribution in [0.4, 0.5) is 11.5 Å². The second-order valence-corrected chi connectivity index (χ2v) is 6.31. The van der Waals surface area contributed by atoms with Crippen LogP contribution in [0.3, 0.4) is 0 Å². The van der Waals surface area contributed by atoms with Crippen LogP contribution in [0.5, 0.6) is 5.75 Å². The van der Waals surface area contributed by atoms with E-state index in [0.29, 0.717) is 18.8 Å². The number of carbonyl (C=O) groups is 1. The zero-order chi connectivity index (χ0) is 17.1. The second kappa shape index (κ2) is 7.11. The fourth-order valence-electron chi connectivity index (χ4n) is 3.19. The van der Waals surface area contributed by atoms with Crippen LogP contribution < -0.4 is 15.0 Å². The number of nitrogens with zero attached hydrogens (tertiary/aromatic N) is 2. The summed E-state index contributed by atoms with van der Waals surface area (Å²) >= 11 is 0. The lowest BCUT2D eigenvalue weighted by atomic mass is 9.96. The molecule has 1 amide bonds. The summed E-state index contributed by atoms with van der Waals surface area (Å²) < 4.78 is 11.1. The van der Waals surface area contributed by atoms with Crippen molar-refractivity contribution in [2.24, 2.45) is 5.92 Å². The Kier molecular flexibility index (Phi) is 4.52. The van der Waals surface area contributed by atoms with Gasteiger partial charge in [0, 0.05) is 13.1 Å². The Balaban J connectivity index is 1.38. The van der Waals surface area contributed by atoms with Crippen LogP contribution in [0, 0.1) is 5.92 Å².